The van der Waals surface area contributed by atoms with E-state index in [0.717, 1.165) is 12.1 Å². The van der Waals surface area contributed by atoms with Crippen LogP contribution >= 0.6 is 27.5 Å². The molecule has 0 radical (unpaired) electrons. The van der Waals surface area contributed by atoms with E-state index in [2.05, 4.69) is 25.6 Å². The molecule has 0 saturated heterocycles. The van der Waals surface area contributed by atoms with Crippen molar-refractivity contribution in [2.24, 2.45) is 0 Å². The van der Waals surface area contributed by atoms with Gasteiger partial charge in [-0.05, 0) is 46.6 Å². The minimum Gasteiger partial charge on any atom is -0.398 e. The third kappa shape index (κ3) is 3.45. The highest BCUT2D eigenvalue weighted by Gasteiger charge is 2.20. The Morgan fingerprint density at radius 1 is 1.38 bits per heavy atom. The molecule has 9 heteroatoms. The number of nitrogens with one attached hydrogen (secondary N) is 1. The number of aromatic nitrogens is 1. The van der Waals surface area contributed by atoms with E-state index < -0.39 is 15.8 Å². The van der Waals surface area contributed by atoms with Crippen molar-refractivity contribution in [3.8, 4) is 0 Å². The Balaban J connectivity index is 2.43. The Kier molecular flexibility index (Phi) is 4.40. The Labute approximate surface area is 134 Å². The first kappa shape index (κ1) is 16.0. The molecule has 0 aliphatic rings. The van der Waals surface area contributed by atoms with Crippen LogP contribution in [0.3, 0.4) is 0 Å². The van der Waals surface area contributed by atoms with Crippen molar-refractivity contribution in [3.05, 3.63) is 45.4 Å². The lowest BCUT2D eigenvalue weighted by Crippen LogP contribution is -2.15. The van der Waals surface area contributed by atoms with Gasteiger partial charge in [-0.2, -0.15) is 0 Å². The van der Waals surface area contributed by atoms with Crippen LogP contribution in [0.25, 0.3) is 0 Å². The summed E-state index contributed by atoms with van der Waals surface area (Å²) in [6, 6.07) is 3.56. The quantitative estimate of drug-likeness (QED) is 0.618. The molecule has 1 aromatic heterocycles. The summed E-state index contributed by atoms with van der Waals surface area (Å²) in [5.74, 6) is -0.643. The van der Waals surface area contributed by atoms with E-state index >= 15 is 0 Å². The van der Waals surface area contributed by atoms with E-state index in [0.29, 0.717) is 5.56 Å². The topological polar surface area (TPSA) is 85.1 Å². The number of nitrogens with two attached hydrogens (primary N) is 1. The maximum Gasteiger partial charge on any atom is 0.264 e. The third-order valence-corrected chi connectivity index (χ3v) is 5.05. The molecule has 5 nitrogen and oxygen atoms in total. The van der Waals surface area contributed by atoms with Gasteiger partial charge in [0.2, 0.25) is 0 Å². The zero-order valence-electron chi connectivity index (χ0n) is 10.7. The largest absolute Gasteiger partial charge is 0.398 e. The Morgan fingerprint density at radius 3 is 2.67 bits per heavy atom. The second kappa shape index (κ2) is 5.78. The maximum absolute atomic E-state index is 13.3. The summed E-state index contributed by atoms with van der Waals surface area (Å²) >= 11 is 8.70. The van der Waals surface area contributed by atoms with Crippen LogP contribution in [0, 0.1) is 12.7 Å². The van der Waals surface area contributed by atoms with Gasteiger partial charge in [0, 0.05) is 0 Å². The van der Waals surface area contributed by atoms with Gasteiger partial charge in [0.15, 0.2) is 0 Å². The van der Waals surface area contributed by atoms with Crippen LogP contribution in [0.1, 0.15) is 5.56 Å². The van der Waals surface area contributed by atoms with Gasteiger partial charge in [-0.3, -0.25) is 4.72 Å². The van der Waals surface area contributed by atoms with Crippen LogP contribution in [0.15, 0.2) is 33.8 Å². The molecule has 2 aromatic rings. The van der Waals surface area contributed by atoms with Gasteiger partial charge < -0.3 is 5.73 Å². The van der Waals surface area contributed by atoms with E-state index in [1.165, 1.54) is 12.3 Å². The monoisotopic (exact) mass is 393 g/mol. The normalized spacial score (nSPS) is 11.4. The summed E-state index contributed by atoms with van der Waals surface area (Å²) in [6.45, 7) is 1.69. The first-order chi connectivity index (χ1) is 9.70. The first-order valence-corrected chi connectivity index (χ1v) is 8.25. The molecule has 1 aromatic carbocycles. The average Bonchev–Trinajstić information content (AvgIpc) is 2.37. The molecule has 0 aliphatic carbocycles. The number of pyridine rings is 1. The molecule has 0 saturated carbocycles. The molecular formula is C12H10BrClFN3O2S. The SMILES string of the molecule is Cc1cc(NS(=O)(=O)c2cc(Br)c(F)cc2N)cnc1Cl. The molecule has 0 amide bonds. The molecule has 0 bridgehead atoms. The number of hydrogen-bond acceptors (Lipinski definition) is 4. The molecule has 0 spiro atoms. The zero-order chi connectivity index (χ0) is 15.8. The van der Waals surface area contributed by atoms with Crippen LogP contribution in [0.4, 0.5) is 15.8 Å². The highest BCUT2D eigenvalue weighted by Crippen LogP contribution is 2.28. The predicted molar refractivity (Wildman–Crippen MR) is 83.3 cm³/mol. The molecule has 21 heavy (non-hydrogen) atoms. The molecule has 0 unspecified atom stereocenters. The fourth-order valence-electron chi connectivity index (χ4n) is 1.60. The number of rotatable bonds is 3. The van der Waals surface area contributed by atoms with Gasteiger partial charge in [-0.15, -0.1) is 0 Å². The minimum atomic E-state index is -3.97. The first-order valence-electron chi connectivity index (χ1n) is 5.60. The number of hydrogen-bond donors (Lipinski definition) is 2. The zero-order valence-corrected chi connectivity index (χ0v) is 13.9. The maximum atomic E-state index is 13.3. The molecular weight excluding hydrogens is 385 g/mol. The third-order valence-electron chi connectivity index (χ3n) is 2.61. The molecule has 0 aliphatic heterocycles. The lowest BCUT2D eigenvalue weighted by molar-refractivity contribution is 0.599. The number of nitrogens with zero attached hydrogens (tertiary/aromatic N) is 1. The van der Waals surface area contributed by atoms with Crippen LogP contribution < -0.4 is 10.5 Å². The van der Waals surface area contributed by atoms with Crippen LogP contribution in [0.2, 0.25) is 5.15 Å². The van der Waals surface area contributed by atoms with Crippen molar-refractivity contribution in [3.63, 3.8) is 0 Å². The van der Waals surface area contributed by atoms with Crippen molar-refractivity contribution in [1.29, 1.82) is 0 Å². The van der Waals surface area contributed by atoms with Crippen LogP contribution in [-0.2, 0) is 10.0 Å². The average molecular weight is 395 g/mol. The molecule has 0 fully saturated rings. The molecule has 2 rings (SSSR count). The summed E-state index contributed by atoms with van der Waals surface area (Å²) in [5.41, 5.74) is 6.22. The second-order valence-corrected chi connectivity index (χ2v) is 7.10. The van der Waals surface area contributed by atoms with Crippen molar-refractivity contribution >= 4 is 48.9 Å². The van der Waals surface area contributed by atoms with Crippen molar-refractivity contribution in [2.75, 3.05) is 10.5 Å². The highest BCUT2D eigenvalue weighted by atomic mass is 79.9. The number of sulfonamides is 1. The van der Waals surface area contributed by atoms with Gasteiger partial charge in [0.1, 0.15) is 15.9 Å². The fraction of sp³-hybridized carbons (Fsp3) is 0.0833. The van der Waals surface area contributed by atoms with Gasteiger partial charge in [-0.1, -0.05) is 11.6 Å². The van der Waals surface area contributed by atoms with Gasteiger partial charge >= 0.3 is 0 Å². The lowest BCUT2D eigenvalue weighted by Gasteiger charge is -2.11. The van der Waals surface area contributed by atoms with E-state index in [1.54, 1.807) is 6.92 Å². The number of anilines is 2. The van der Waals surface area contributed by atoms with E-state index in [-0.39, 0.29) is 25.9 Å². The van der Waals surface area contributed by atoms with Crippen LogP contribution in [-0.4, -0.2) is 13.4 Å². The molecule has 1 heterocycles. The predicted octanol–water partition coefficient (Wildman–Crippen LogP) is 3.33. The molecule has 112 valence electrons. The number of aryl methyl sites for hydroxylation is 1. The van der Waals surface area contributed by atoms with Crippen LogP contribution in [0.5, 0.6) is 0 Å². The number of nitrogen functional groups attached to an aromatic ring is 1. The lowest BCUT2D eigenvalue weighted by atomic mass is 10.3. The summed E-state index contributed by atoms with van der Waals surface area (Å²) < 4.78 is 40.2. The van der Waals surface area contributed by atoms with Gasteiger partial charge in [0.05, 0.1) is 22.0 Å². The Hall–Kier alpha value is -1.38. The summed E-state index contributed by atoms with van der Waals surface area (Å²) in [5, 5.41) is 0.280. The van der Waals surface area contributed by atoms with Gasteiger partial charge in [-0.25, -0.2) is 17.8 Å². The highest BCUT2D eigenvalue weighted by molar-refractivity contribution is 9.10. The number of halogens is 3. The molecule has 0 atom stereocenters. The Morgan fingerprint density at radius 2 is 2.05 bits per heavy atom. The smallest absolute Gasteiger partial charge is 0.264 e. The molecule has 3 N–H and O–H groups in total. The number of benzene rings is 1. The summed E-state index contributed by atoms with van der Waals surface area (Å²) in [6.07, 6.45) is 1.28. The minimum absolute atomic E-state index is 0.00230. The summed E-state index contributed by atoms with van der Waals surface area (Å²) in [7, 11) is -3.97. The standard InChI is InChI=1S/C12H10BrClFN3O2S/c1-6-2-7(5-17-12(6)14)18-21(19,20)11-3-8(13)9(15)4-10(11)16/h2-5,18H,16H2,1H3. The van der Waals surface area contributed by atoms with Crippen molar-refractivity contribution in [1.82, 2.24) is 4.98 Å². The van der Waals surface area contributed by atoms with E-state index in [1.807, 2.05) is 0 Å². The van der Waals surface area contributed by atoms with Crippen molar-refractivity contribution < 1.29 is 12.8 Å². The van der Waals surface area contributed by atoms with Crippen molar-refractivity contribution in [2.45, 2.75) is 11.8 Å². The van der Waals surface area contributed by atoms with E-state index in [9.17, 15) is 12.8 Å². The summed E-state index contributed by atoms with van der Waals surface area (Å²) in [4.78, 5) is 3.62. The Bertz CT molecular complexity index is 814. The second-order valence-electron chi connectivity index (χ2n) is 4.24. The van der Waals surface area contributed by atoms with Gasteiger partial charge in [0.25, 0.3) is 10.0 Å². The fourth-order valence-corrected chi connectivity index (χ4v) is 3.37. The van der Waals surface area contributed by atoms with E-state index in [4.69, 9.17) is 17.3 Å².